The number of unbranched alkanes of at least 4 members (excludes halogenated alkanes) is 5. The lowest BCUT2D eigenvalue weighted by Gasteiger charge is -2.37. The van der Waals surface area contributed by atoms with Crippen LogP contribution in [0.3, 0.4) is 0 Å². The van der Waals surface area contributed by atoms with Crippen molar-refractivity contribution in [3.63, 3.8) is 0 Å². The normalized spacial score (nSPS) is 35.5. The standard InChI is InChI=1S/C12H32O4Si4/c1-6-7-8-9-10-11-12-20(5)15-18(3)13-17(2)14-19(4)16-20/h17-19H,6-12H2,1-5H3. The van der Waals surface area contributed by atoms with E-state index >= 15 is 0 Å². The zero-order valence-electron chi connectivity index (χ0n) is 13.8. The molecule has 0 bridgehead atoms. The maximum atomic E-state index is 6.27. The SMILES string of the molecule is CCCCCCCC[Si]1(C)O[SiH](C)O[SiH](C)O[SiH](C)O1. The third-order valence-corrected chi connectivity index (χ3v) is 17.6. The highest BCUT2D eigenvalue weighted by molar-refractivity contribution is 6.81. The van der Waals surface area contributed by atoms with E-state index < -0.39 is 36.4 Å². The van der Waals surface area contributed by atoms with E-state index in [0.717, 1.165) is 6.04 Å². The lowest BCUT2D eigenvalue weighted by Crippen LogP contribution is -2.52. The molecule has 20 heavy (non-hydrogen) atoms. The van der Waals surface area contributed by atoms with Gasteiger partial charge in [-0.05, 0) is 32.2 Å². The van der Waals surface area contributed by atoms with Crippen molar-refractivity contribution >= 4 is 36.4 Å². The molecule has 1 rings (SSSR count). The summed E-state index contributed by atoms with van der Waals surface area (Å²) in [7, 11) is -6.65. The van der Waals surface area contributed by atoms with Gasteiger partial charge in [0.25, 0.3) is 27.9 Å². The van der Waals surface area contributed by atoms with Crippen molar-refractivity contribution in [2.75, 3.05) is 0 Å². The second-order valence-corrected chi connectivity index (χ2v) is 16.1. The Kier molecular flexibility index (Phi) is 9.07. The Bertz CT molecular complexity index is 256. The van der Waals surface area contributed by atoms with Crippen LogP contribution in [0.25, 0.3) is 0 Å². The summed E-state index contributed by atoms with van der Waals surface area (Å²) in [5.74, 6) is 0. The molecule has 1 aliphatic heterocycles. The summed E-state index contributed by atoms with van der Waals surface area (Å²) in [5, 5.41) is 0. The fourth-order valence-corrected chi connectivity index (χ4v) is 17.5. The average Bonchev–Trinajstić information content (AvgIpc) is 2.31. The molecular formula is C12H32O4Si4. The molecule has 4 nitrogen and oxygen atoms in total. The fourth-order valence-electron chi connectivity index (χ4n) is 2.70. The van der Waals surface area contributed by atoms with E-state index in [9.17, 15) is 0 Å². The van der Waals surface area contributed by atoms with Crippen LogP contribution < -0.4 is 0 Å². The molecule has 1 fully saturated rings. The van der Waals surface area contributed by atoms with Crippen molar-refractivity contribution in [1.29, 1.82) is 0 Å². The van der Waals surface area contributed by atoms with Gasteiger partial charge in [-0.2, -0.15) is 0 Å². The van der Waals surface area contributed by atoms with Crippen molar-refractivity contribution in [2.45, 2.75) is 77.7 Å². The molecule has 2 unspecified atom stereocenters. The number of hydrogen-bond acceptors (Lipinski definition) is 4. The topological polar surface area (TPSA) is 36.9 Å². The van der Waals surface area contributed by atoms with Gasteiger partial charge >= 0.3 is 8.56 Å². The molecule has 120 valence electrons. The Morgan fingerprint density at radius 1 is 0.750 bits per heavy atom. The highest BCUT2D eigenvalue weighted by atomic mass is 28.5. The first-order chi connectivity index (χ1) is 9.45. The molecule has 0 radical (unpaired) electrons. The van der Waals surface area contributed by atoms with Gasteiger partial charge in [-0.25, -0.2) is 0 Å². The van der Waals surface area contributed by atoms with E-state index in [0.29, 0.717) is 0 Å². The zero-order chi connectivity index (χ0) is 15.0. The van der Waals surface area contributed by atoms with Gasteiger partial charge in [-0.15, -0.1) is 0 Å². The predicted octanol–water partition coefficient (Wildman–Crippen LogP) is 3.05. The van der Waals surface area contributed by atoms with Crippen molar-refractivity contribution in [2.24, 2.45) is 0 Å². The van der Waals surface area contributed by atoms with Crippen molar-refractivity contribution < 1.29 is 16.5 Å². The van der Waals surface area contributed by atoms with Gasteiger partial charge in [0.1, 0.15) is 0 Å². The van der Waals surface area contributed by atoms with Crippen LogP contribution in [0.15, 0.2) is 0 Å². The van der Waals surface area contributed by atoms with E-state index in [4.69, 9.17) is 16.5 Å². The molecule has 0 aromatic rings. The third kappa shape index (κ3) is 7.64. The highest BCUT2D eigenvalue weighted by Gasteiger charge is 2.38. The highest BCUT2D eigenvalue weighted by Crippen LogP contribution is 2.23. The van der Waals surface area contributed by atoms with Crippen LogP contribution in [0, 0.1) is 0 Å². The Morgan fingerprint density at radius 3 is 1.80 bits per heavy atom. The van der Waals surface area contributed by atoms with Crippen molar-refractivity contribution in [3.05, 3.63) is 0 Å². The molecule has 0 saturated carbocycles. The van der Waals surface area contributed by atoms with Crippen LogP contribution in [0.1, 0.15) is 45.4 Å². The molecule has 0 aromatic heterocycles. The van der Waals surface area contributed by atoms with Gasteiger partial charge in [-0.3, -0.25) is 0 Å². The van der Waals surface area contributed by atoms with E-state index in [-0.39, 0.29) is 0 Å². The molecule has 0 aliphatic carbocycles. The summed E-state index contributed by atoms with van der Waals surface area (Å²) < 4.78 is 24.4. The Balaban J connectivity index is 2.35. The summed E-state index contributed by atoms with van der Waals surface area (Å²) >= 11 is 0. The van der Waals surface area contributed by atoms with Crippen LogP contribution in [0.2, 0.25) is 32.2 Å². The third-order valence-electron chi connectivity index (χ3n) is 3.58. The number of rotatable bonds is 7. The van der Waals surface area contributed by atoms with Crippen LogP contribution >= 0.6 is 0 Å². The first-order valence-corrected chi connectivity index (χ1v) is 16.9. The van der Waals surface area contributed by atoms with Crippen molar-refractivity contribution in [3.8, 4) is 0 Å². The molecule has 0 spiro atoms. The molecule has 8 heteroatoms. The molecule has 1 aliphatic rings. The van der Waals surface area contributed by atoms with Crippen LogP contribution in [-0.2, 0) is 16.5 Å². The summed E-state index contributed by atoms with van der Waals surface area (Å²) in [5.41, 5.74) is 0. The first kappa shape index (κ1) is 18.8. The van der Waals surface area contributed by atoms with Gasteiger partial charge in [0.15, 0.2) is 0 Å². The minimum absolute atomic E-state index is 1.09. The van der Waals surface area contributed by atoms with Crippen molar-refractivity contribution in [1.82, 2.24) is 0 Å². The molecule has 1 saturated heterocycles. The quantitative estimate of drug-likeness (QED) is 0.521. The van der Waals surface area contributed by atoms with E-state index in [2.05, 4.69) is 33.1 Å². The maximum absolute atomic E-state index is 6.27. The van der Waals surface area contributed by atoms with E-state index in [1.807, 2.05) is 0 Å². The minimum atomic E-state index is -2.05. The smallest absolute Gasteiger partial charge is 0.316 e. The lowest BCUT2D eigenvalue weighted by molar-refractivity contribution is 0.273. The second-order valence-electron chi connectivity index (χ2n) is 5.86. The molecule has 0 N–H and O–H groups in total. The van der Waals surface area contributed by atoms with Gasteiger partial charge < -0.3 is 16.5 Å². The predicted molar refractivity (Wildman–Crippen MR) is 93.2 cm³/mol. The zero-order valence-corrected chi connectivity index (χ0v) is 18.3. The molecule has 2 atom stereocenters. The Hall–Kier alpha value is 0.708. The Morgan fingerprint density at radius 2 is 1.25 bits per heavy atom. The second kappa shape index (κ2) is 9.67. The van der Waals surface area contributed by atoms with Gasteiger partial charge in [-0.1, -0.05) is 45.4 Å². The fraction of sp³-hybridized carbons (Fsp3) is 1.00. The average molecular weight is 353 g/mol. The number of hydrogen-bond donors (Lipinski definition) is 0. The van der Waals surface area contributed by atoms with Gasteiger partial charge in [0.2, 0.25) is 0 Å². The summed E-state index contributed by atoms with van der Waals surface area (Å²) in [6.07, 6.45) is 7.90. The van der Waals surface area contributed by atoms with Crippen LogP contribution in [-0.4, -0.2) is 36.4 Å². The van der Waals surface area contributed by atoms with Gasteiger partial charge in [0.05, 0.1) is 0 Å². The van der Waals surface area contributed by atoms with E-state index in [1.54, 1.807) is 0 Å². The van der Waals surface area contributed by atoms with Crippen LogP contribution in [0.4, 0.5) is 0 Å². The van der Waals surface area contributed by atoms with Crippen LogP contribution in [0.5, 0.6) is 0 Å². The molecular weight excluding hydrogens is 320 g/mol. The Labute approximate surface area is 131 Å². The molecule has 1 heterocycles. The van der Waals surface area contributed by atoms with Gasteiger partial charge in [0, 0.05) is 0 Å². The first-order valence-electron chi connectivity index (χ1n) is 8.12. The minimum Gasteiger partial charge on any atom is -0.420 e. The summed E-state index contributed by atoms with van der Waals surface area (Å²) in [4.78, 5) is 0. The summed E-state index contributed by atoms with van der Waals surface area (Å²) in [6.45, 7) is 10.8. The monoisotopic (exact) mass is 352 g/mol. The maximum Gasteiger partial charge on any atom is 0.316 e. The summed E-state index contributed by atoms with van der Waals surface area (Å²) in [6, 6.07) is 1.09. The molecule has 0 aromatic carbocycles. The lowest BCUT2D eigenvalue weighted by atomic mass is 10.1. The molecule has 0 amide bonds. The van der Waals surface area contributed by atoms with E-state index in [1.165, 1.54) is 38.5 Å². The largest absolute Gasteiger partial charge is 0.420 e.